The number of carbonyl (C=O) groups is 1. The quantitative estimate of drug-likeness (QED) is 0.0899. The molecule has 2 fully saturated rings. The van der Waals surface area contributed by atoms with Gasteiger partial charge in [0.2, 0.25) is 17.2 Å². The number of rotatable bonds is 14. The Morgan fingerprint density at radius 3 is 2.65 bits per heavy atom. The number of fused-ring (bicyclic) bond motifs is 4. The van der Waals surface area contributed by atoms with Crippen molar-refractivity contribution in [3.8, 4) is 5.75 Å². The van der Waals surface area contributed by atoms with Gasteiger partial charge >= 0.3 is 0 Å². The third kappa shape index (κ3) is 7.01. The number of aliphatic hydroxyl groups is 5. The molecule has 9 rings (SSSR count). The van der Waals surface area contributed by atoms with Crippen LogP contribution in [0, 0.1) is 18.3 Å². The lowest BCUT2D eigenvalue weighted by Crippen LogP contribution is -3.11. The van der Waals surface area contributed by atoms with Gasteiger partial charge in [-0.05, 0) is 57.6 Å². The number of hydrogen-bond acceptors (Lipinski definition) is 13. The molecule has 6 aliphatic heterocycles. The van der Waals surface area contributed by atoms with Gasteiger partial charge in [-0.2, -0.15) is 0 Å². The maximum atomic E-state index is 13.6. The summed E-state index contributed by atoms with van der Waals surface area (Å²) in [5.41, 5.74) is 1.12. The summed E-state index contributed by atoms with van der Waals surface area (Å²) in [6, 6.07) is 3.23. The Balaban J connectivity index is 1.03. The summed E-state index contributed by atoms with van der Waals surface area (Å²) in [4.78, 5) is 49.4. The highest BCUT2D eigenvalue weighted by molar-refractivity contribution is 5.90. The summed E-state index contributed by atoms with van der Waals surface area (Å²) in [6.07, 6.45) is 10.8. The van der Waals surface area contributed by atoms with Gasteiger partial charge in [-0.15, -0.1) is 0 Å². The van der Waals surface area contributed by atoms with Crippen LogP contribution in [0.15, 0.2) is 78.4 Å². The van der Waals surface area contributed by atoms with Gasteiger partial charge in [0.15, 0.2) is 22.5 Å². The lowest BCUT2D eigenvalue weighted by atomic mass is 9.65. The van der Waals surface area contributed by atoms with Gasteiger partial charge in [-0.3, -0.25) is 29.4 Å². The van der Waals surface area contributed by atoms with Gasteiger partial charge in [0.05, 0.1) is 17.4 Å². The Labute approximate surface area is 346 Å². The Morgan fingerprint density at radius 2 is 1.87 bits per heavy atom. The second-order valence-corrected chi connectivity index (χ2v) is 17.8. The van der Waals surface area contributed by atoms with E-state index >= 15 is 0 Å². The molecule has 1 aromatic heterocycles. The predicted octanol–water partition coefficient (Wildman–Crippen LogP) is -0.472. The van der Waals surface area contributed by atoms with Crippen LogP contribution in [0.2, 0.25) is 0 Å². The molecule has 1 spiro atoms. The zero-order valence-corrected chi connectivity index (χ0v) is 34.0. The van der Waals surface area contributed by atoms with E-state index in [1.165, 1.54) is 6.07 Å². The molecule has 1 aromatic carbocycles. The maximum absolute atomic E-state index is 13.6. The van der Waals surface area contributed by atoms with Gasteiger partial charge in [-0.1, -0.05) is 19.3 Å². The molecule has 0 bridgehead atoms. The molecule has 16 nitrogen and oxygen atoms in total. The normalized spacial score (nSPS) is 29.9. The number of carbonyl (C=O) groups excluding carboxylic acids is 1. The van der Waals surface area contributed by atoms with Crippen LogP contribution in [0.1, 0.15) is 63.2 Å². The number of aliphatic imine (C=N–C) groups is 2. The molecule has 1 saturated heterocycles. The van der Waals surface area contributed by atoms with Crippen LogP contribution in [-0.2, 0) is 21.0 Å². The summed E-state index contributed by atoms with van der Waals surface area (Å²) in [6.45, 7) is 3.53. The molecule has 9 atom stereocenters. The van der Waals surface area contributed by atoms with Gasteiger partial charge < -0.3 is 40.0 Å². The fourth-order valence-electron chi connectivity index (χ4n) is 10.6. The molecule has 2 unspecified atom stereocenters. The van der Waals surface area contributed by atoms with E-state index in [2.05, 4.69) is 15.3 Å². The van der Waals surface area contributed by atoms with E-state index in [1.807, 2.05) is 25.3 Å². The standard InChI is InChI=1S/C44H53N5O11/c1-25-16-33(51)29-17-27-18-36(60-57-23-35(53)44(56,40(54)34(52)22-50)24-48-15-9-30-32(48)8-14-45-30)42(2,12-6-28-19-47-41(55)43(28)10-4-3-5-11-43)59-38(27)37(39(29)58-25)49-20-26-7-13-46-31(26)21-49/h7-9,13-14,16-17,21,28,34-36,40,50,52-54,56H,3-6,10-12,15,18-20,22-24H2,1-2H3,(H,47,55)/p+2/t28-,34-,35+,36-,40-,42-,44-/m1/s1. The molecule has 320 valence electrons. The Kier molecular flexibility index (Phi) is 10.8. The van der Waals surface area contributed by atoms with Gasteiger partial charge in [-0.25, -0.2) is 9.78 Å². The van der Waals surface area contributed by atoms with Crippen LogP contribution in [-0.4, -0.2) is 119 Å². The van der Waals surface area contributed by atoms with Crippen LogP contribution in [0.4, 0.5) is 5.69 Å². The number of benzene rings is 1. The molecule has 60 heavy (non-hydrogen) atoms. The average molecular weight is 830 g/mol. The van der Waals surface area contributed by atoms with Crippen molar-refractivity contribution in [2.24, 2.45) is 21.3 Å². The van der Waals surface area contributed by atoms with Crippen LogP contribution >= 0.6 is 0 Å². The number of hydrogen-bond donors (Lipinski definition) is 8. The fraction of sp³-hybridized carbons (Fsp3) is 0.545. The Hall–Kier alpha value is -4.36. The minimum absolute atomic E-state index is 0.0725. The molecule has 16 heteroatoms. The number of aryl methyl sites for hydroxylation is 1. The van der Waals surface area contributed by atoms with Gasteiger partial charge in [0.25, 0.3) is 0 Å². The summed E-state index contributed by atoms with van der Waals surface area (Å²) in [5, 5.41) is 58.4. The third-order valence-corrected chi connectivity index (χ3v) is 14.1. The van der Waals surface area contributed by atoms with Crippen LogP contribution in [0.25, 0.3) is 11.0 Å². The van der Waals surface area contributed by atoms with Crippen molar-refractivity contribution in [1.29, 1.82) is 0 Å². The SMILES string of the molecule is Cc1cc(=O)c2cc3c(c([NH+]4C=C5N=CC=C5C4)c2o1)O[C@](C)(CC[C@@H]1CNC(=O)C12CCCCC2)[C@H](OOC[C@H](O)[C@](O)(C[NH+]1CC=C2N=CC=C21)[C@H](O)[C@H](O)CO)C3. The monoisotopic (exact) mass is 829 g/mol. The molecule has 0 radical (unpaired) electrons. The summed E-state index contributed by atoms with van der Waals surface area (Å²) < 4.78 is 13.5. The first-order valence-corrected chi connectivity index (χ1v) is 21.2. The van der Waals surface area contributed by atoms with Gasteiger partial charge in [0.1, 0.15) is 79.6 Å². The average Bonchev–Trinajstić information content (AvgIpc) is 4.07. The van der Waals surface area contributed by atoms with Crippen LogP contribution in [0.3, 0.4) is 0 Å². The highest BCUT2D eigenvalue weighted by Crippen LogP contribution is 2.50. The van der Waals surface area contributed by atoms with Crippen molar-refractivity contribution in [2.75, 3.05) is 39.4 Å². The number of quaternary nitrogens is 2. The minimum atomic E-state index is -2.35. The van der Waals surface area contributed by atoms with E-state index in [4.69, 9.17) is 18.9 Å². The number of nitrogens with zero attached hydrogens (tertiary/aromatic N) is 2. The maximum Gasteiger partial charge on any atom is 0.226 e. The lowest BCUT2D eigenvalue weighted by molar-refractivity contribution is -0.856. The van der Waals surface area contributed by atoms with Crippen molar-refractivity contribution in [1.82, 2.24) is 5.32 Å². The minimum Gasteiger partial charge on any atom is -0.478 e. The molecule has 7 aliphatic rings. The molecule has 1 aliphatic carbocycles. The van der Waals surface area contributed by atoms with Crippen molar-refractivity contribution in [2.45, 2.75) is 101 Å². The topological polar surface area (TPSA) is 222 Å². The van der Waals surface area contributed by atoms with Crippen molar-refractivity contribution < 1.29 is 59.1 Å². The molecule has 7 heterocycles. The smallest absolute Gasteiger partial charge is 0.226 e. The number of allylic oxidation sites excluding steroid dienone is 2. The van der Waals surface area contributed by atoms with Crippen LogP contribution < -0.4 is 25.3 Å². The summed E-state index contributed by atoms with van der Waals surface area (Å²) in [5.74, 6) is 1.21. The highest BCUT2D eigenvalue weighted by Gasteiger charge is 2.54. The van der Waals surface area contributed by atoms with E-state index < -0.39 is 54.2 Å². The number of aliphatic hydroxyl groups excluding tert-OH is 4. The number of nitrogens with one attached hydrogen (secondary N) is 3. The van der Waals surface area contributed by atoms with E-state index in [0.717, 1.165) is 59.7 Å². The van der Waals surface area contributed by atoms with E-state index in [-0.39, 0.29) is 30.2 Å². The Morgan fingerprint density at radius 1 is 1.08 bits per heavy atom. The molecule has 2 aromatic rings. The zero-order chi connectivity index (χ0) is 42.0. The Bertz CT molecular complexity index is 2310. The second kappa shape index (κ2) is 15.8. The fourth-order valence-corrected chi connectivity index (χ4v) is 10.6. The van der Waals surface area contributed by atoms with Crippen molar-refractivity contribution in [3.05, 3.63) is 80.8 Å². The summed E-state index contributed by atoms with van der Waals surface area (Å²) in [7, 11) is 0. The molecular weight excluding hydrogens is 775 g/mol. The first-order chi connectivity index (χ1) is 28.8. The van der Waals surface area contributed by atoms with Gasteiger partial charge in [0, 0.05) is 54.7 Å². The lowest BCUT2D eigenvalue weighted by Gasteiger charge is -2.44. The number of amides is 1. The predicted molar refractivity (Wildman–Crippen MR) is 218 cm³/mol. The van der Waals surface area contributed by atoms with E-state index in [0.29, 0.717) is 71.1 Å². The van der Waals surface area contributed by atoms with E-state index in [1.54, 1.807) is 31.5 Å². The first kappa shape index (κ1) is 41.0. The van der Waals surface area contributed by atoms with Crippen molar-refractivity contribution in [3.63, 3.8) is 0 Å². The molecule has 8 N–H and O–H groups in total. The highest BCUT2D eigenvalue weighted by atomic mass is 17.2. The van der Waals surface area contributed by atoms with Crippen molar-refractivity contribution >= 4 is 35.0 Å². The largest absolute Gasteiger partial charge is 0.478 e. The zero-order valence-electron chi connectivity index (χ0n) is 34.0. The molecular formula is C44H55N5O11+2. The summed E-state index contributed by atoms with van der Waals surface area (Å²) >= 11 is 0. The van der Waals surface area contributed by atoms with E-state index in [9.17, 15) is 35.1 Å². The number of ether oxygens (including phenoxy) is 1. The molecule has 1 saturated carbocycles. The first-order valence-electron chi connectivity index (χ1n) is 21.2. The van der Waals surface area contributed by atoms with Crippen LogP contribution in [0.5, 0.6) is 5.75 Å². The second-order valence-electron chi connectivity index (χ2n) is 17.8. The molecule has 1 amide bonds. The third-order valence-electron chi connectivity index (χ3n) is 14.1.